The molecule has 0 spiro atoms. The zero-order valence-corrected chi connectivity index (χ0v) is 11.6. The minimum absolute atomic E-state index is 0.0581. The van der Waals surface area contributed by atoms with Crippen molar-refractivity contribution in [2.75, 3.05) is 12.9 Å². The summed E-state index contributed by atoms with van der Waals surface area (Å²) < 4.78 is 11.4. The molecule has 0 aliphatic carbocycles. The molecule has 2 unspecified atom stereocenters. The quantitative estimate of drug-likeness (QED) is 0.369. The van der Waals surface area contributed by atoms with Gasteiger partial charge in [0.1, 0.15) is 18.5 Å². The van der Waals surface area contributed by atoms with Crippen molar-refractivity contribution in [2.24, 2.45) is 5.84 Å². The second kappa shape index (κ2) is 6.79. The predicted octanol–water partition coefficient (Wildman–Crippen LogP) is 1.32. The van der Waals surface area contributed by atoms with Gasteiger partial charge >= 0.3 is 0 Å². The van der Waals surface area contributed by atoms with Crippen LogP contribution in [0.4, 0.5) is 0 Å². The van der Waals surface area contributed by atoms with E-state index in [0.29, 0.717) is 13.0 Å². The zero-order chi connectivity index (χ0) is 13.7. The van der Waals surface area contributed by atoms with Gasteiger partial charge < -0.3 is 9.47 Å². The molecule has 0 saturated carbocycles. The van der Waals surface area contributed by atoms with E-state index in [4.69, 9.17) is 15.3 Å². The number of rotatable bonds is 5. The smallest absolute Gasteiger partial charge is 0.263 e. The monoisotopic (exact) mass is 282 g/mol. The normalized spacial score (nSPS) is 22.2. The molecule has 3 N–H and O–H groups in total. The third kappa shape index (κ3) is 3.62. The fourth-order valence-corrected chi connectivity index (χ4v) is 2.58. The molecule has 19 heavy (non-hydrogen) atoms. The number of nitrogens with two attached hydrogens (primary N) is 1. The molecule has 0 aromatic heterocycles. The zero-order valence-electron chi connectivity index (χ0n) is 10.8. The van der Waals surface area contributed by atoms with Crippen molar-refractivity contribution in [1.82, 2.24) is 5.43 Å². The molecule has 104 valence electrons. The van der Waals surface area contributed by atoms with E-state index in [-0.39, 0.29) is 12.0 Å². The summed E-state index contributed by atoms with van der Waals surface area (Å²) in [5.41, 5.74) is 2.11. The first-order valence-electron chi connectivity index (χ1n) is 6.16. The summed E-state index contributed by atoms with van der Waals surface area (Å²) in [6.45, 7) is 0.450. The van der Waals surface area contributed by atoms with Crippen LogP contribution in [0.25, 0.3) is 0 Å². The predicted molar refractivity (Wildman–Crippen MR) is 73.9 cm³/mol. The molecule has 1 amide bonds. The van der Waals surface area contributed by atoms with Crippen LogP contribution in [0.15, 0.2) is 29.2 Å². The van der Waals surface area contributed by atoms with E-state index >= 15 is 0 Å². The average Bonchev–Trinajstić information content (AvgIpc) is 2.93. The number of hydrogen-bond acceptors (Lipinski definition) is 5. The Morgan fingerprint density at radius 1 is 1.53 bits per heavy atom. The van der Waals surface area contributed by atoms with Gasteiger partial charge in [-0.05, 0) is 31.2 Å². The number of ether oxygens (including phenoxy) is 2. The minimum atomic E-state index is -0.450. The van der Waals surface area contributed by atoms with Crippen LogP contribution in [0.5, 0.6) is 5.75 Å². The van der Waals surface area contributed by atoms with E-state index in [0.717, 1.165) is 17.1 Å². The highest BCUT2D eigenvalue weighted by molar-refractivity contribution is 7.98. The largest absolute Gasteiger partial charge is 0.490 e. The fourth-order valence-electron chi connectivity index (χ4n) is 2.03. The molecule has 1 aromatic carbocycles. The lowest BCUT2D eigenvalue weighted by Gasteiger charge is -2.15. The van der Waals surface area contributed by atoms with E-state index in [9.17, 15) is 4.79 Å². The fraction of sp³-hybridized carbons (Fsp3) is 0.462. The van der Waals surface area contributed by atoms with Gasteiger partial charge in [-0.25, -0.2) is 5.84 Å². The van der Waals surface area contributed by atoms with Crippen molar-refractivity contribution >= 4 is 17.7 Å². The van der Waals surface area contributed by atoms with Crippen molar-refractivity contribution in [3.05, 3.63) is 24.3 Å². The Bertz CT molecular complexity index is 442. The maximum Gasteiger partial charge on any atom is 0.263 e. The van der Waals surface area contributed by atoms with Crippen LogP contribution in [0.2, 0.25) is 0 Å². The van der Waals surface area contributed by atoms with Gasteiger partial charge in [-0.2, -0.15) is 0 Å². The van der Waals surface area contributed by atoms with Gasteiger partial charge in [0.25, 0.3) is 5.91 Å². The van der Waals surface area contributed by atoms with Crippen molar-refractivity contribution in [3.8, 4) is 5.75 Å². The van der Waals surface area contributed by atoms with Gasteiger partial charge in [0, 0.05) is 4.90 Å². The first-order chi connectivity index (χ1) is 9.24. The Labute approximate surface area is 116 Å². The first kappa shape index (κ1) is 14.2. The molecule has 1 saturated heterocycles. The van der Waals surface area contributed by atoms with E-state index < -0.39 is 6.10 Å². The molecule has 2 rings (SSSR count). The van der Waals surface area contributed by atoms with Gasteiger partial charge in [0.15, 0.2) is 0 Å². The minimum Gasteiger partial charge on any atom is -0.490 e. The lowest BCUT2D eigenvalue weighted by atomic mass is 10.2. The SMILES string of the molecule is CSc1ccccc1OCC1CCC(C(=O)NN)O1. The van der Waals surface area contributed by atoms with Crippen LogP contribution >= 0.6 is 11.8 Å². The van der Waals surface area contributed by atoms with Gasteiger partial charge in [-0.3, -0.25) is 10.2 Å². The van der Waals surface area contributed by atoms with Crippen molar-refractivity contribution in [2.45, 2.75) is 29.9 Å². The summed E-state index contributed by atoms with van der Waals surface area (Å²) in [4.78, 5) is 12.4. The maximum atomic E-state index is 11.3. The molecule has 0 bridgehead atoms. The molecule has 1 heterocycles. The highest BCUT2D eigenvalue weighted by Crippen LogP contribution is 2.28. The van der Waals surface area contributed by atoms with Crippen LogP contribution in [-0.4, -0.2) is 31.0 Å². The molecular formula is C13H18N2O3S. The Morgan fingerprint density at radius 3 is 3.05 bits per heavy atom. The van der Waals surface area contributed by atoms with E-state index in [2.05, 4.69) is 5.43 Å². The summed E-state index contributed by atoms with van der Waals surface area (Å²) in [5.74, 6) is 5.67. The van der Waals surface area contributed by atoms with Crippen molar-refractivity contribution < 1.29 is 14.3 Å². The Kier molecular flexibility index (Phi) is 5.07. The summed E-state index contributed by atoms with van der Waals surface area (Å²) in [6, 6.07) is 7.87. The number of para-hydroxylation sites is 1. The number of carbonyl (C=O) groups excluding carboxylic acids is 1. The lowest BCUT2D eigenvalue weighted by Crippen LogP contribution is -2.39. The molecular weight excluding hydrogens is 264 g/mol. The topological polar surface area (TPSA) is 73.6 Å². The molecule has 0 radical (unpaired) electrons. The van der Waals surface area contributed by atoms with Crippen LogP contribution in [0, 0.1) is 0 Å². The molecule has 1 fully saturated rings. The molecule has 1 aliphatic heterocycles. The van der Waals surface area contributed by atoms with Crippen molar-refractivity contribution in [3.63, 3.8) is 0 Å². The molecule has 6 heteroatoms. The standard InChI is InChI=1S/C13H18N2O3S/c1-19-12-5-3-2-4-10(12)17-8-9-6-7-11(18-9)13(16)15-14/h2-5,9,11H,6-8,14H2,1H3,(H,15,16). The van der Waals surface area contributed by atoms with Gasteiger partial charge in [0.2, 0.25) is 0 Å². The van der Waals surface area contributed by atoms with Crippen LogP contribution in [-0.2, 0) is 9.53 Å². The summed E-state index contributed by atoms with van der Waals surface area (Å²) >= 11 is 1.64. The van der Waals surface area contributed by atoms with E-state index in [1.165, 1.54) is 0 Å². The number of carbonyl (C=O) groups is 1. The Hall–Kier alpha value is -1.24. The highest BCUT2D eigenvalue weighted by Gasteiger charge is 2.30. The van der Waals surface area contributed by atoms with Crippen LogP contribution < -0.4 is 16.0 Å². The third-order valence-electron chi connectivity index (χ3n) is 3.04. The Morgan fingerprint density at radius 2 is 2.32 bits per heavy atom. The number of benzene rings is 1. The highest BCUT2D eigenvalue weighted by atomic mass is 32.2. The second-order valence-electron chi connectivity index (χ2n) is 4.29. The molecule has 1 aliphatic rings. The van der Waals surface area contributed by atoms with Gasteiger partial charge in [0.05, 0.1) is 6.10 Å². The number of hydrazine groups is 1. The van der Waals surface area contributed by atoms with E-state index in [1.54, 1.807) is 11.8 Å². The van der Waals surface area contributed by atoms with Crippen LogP contribution in [0.1, 0.15) is 12.8 Å². The second-order valence-corrected chi connectivity index (χ2v) is 5.14. The van der Waals surface area contributed by atoms with E-state index in [1.807, 2.05) is 30.5 Å². The van der Waals surface area contributed by atoms with Crippen LogP contribution in [0.3, 0.4) is 0 Å². The summed E-state index contributed by atoms with van der Waals surface area (Å²) in [6.07, 6.45) is 2.99. The molecule has 1 aromatic rings. The number of amides is 1. The molecule has 5 nitrogen and oxygen atoms in total. The summed E-state index contributed by atoms with van der Waals surface area (Å²) in [5, 5.41) is 0. The first-order valence-corrected chi connectivity index (χ1v) is 7.38. The number of thioether (sulfide) groups is 1. The van der Waals surface area contributed by atoms with Crippen molar-refractivity contribution in [1.29, 1.82) is 0 Å². The maximum absolute atomic E-state index is 11.3. The lowest BCUT2D eigenvalue weighted by molar-refractivity contribution is -0.132. The average molecular weight is 282 g/mol. The third-order valence-corrected chi connectivity index (χ3v) is 3.81. The Balaban J connectivity index is 1.85. The van der Waals surface area contributed by atoms with Gasteiger partial charge in [-0.1, -0.05) is 12.1 Å². The number of nitrogens with one attached hydrogen (secondary N) is 1. The van der Waals surface area contributed by atoms with Gasteiger partial charge in [-0.15, -0.1) is 11.8 Å². The number of hydrogen-bond donors (Lipinski definition) is 2. The summed E-state index contributed by atoms with van der Waals surface area (Å²) in [7, 11) is 0. The molecule has 2 atom stereocenters.